The molecule has 2 aromatic carbocycles. The Morgan fingerprint density at radius 2 is 2.03 bits per heavy atom. The smallest absolute Gasteiger partial charge is 0.230 e. The lowest BCUT2D eigenvalue weighted by atomic mass is 10.1. The molecule has 148 valence electrons. The van der Waals surface area contributed by atoms with Crippen LogP contribution in [0.5, 0.6) is 11.5 Å². The molecule has 0 aliphatic heterocycles. The van der Waals surface area contributed by atoms with Crippen molar-refractivity contribution in [1.82, 2.24) is 9.38 Å². The van der Waals surface area contributed by atoms with Crippen molar-refractivity contribution in [3.8, 4) is 22.8 Å². The molecule has 6 nitrogen and oxygen atoms in total. The topological polar surface area (TPSA) is 64.9 Å². The van der Waals surface area contributed by atoms with Gasteiger partial charge < -0.3 is 14.8 Å². The number of thiazole rings is 1. The van der Waals surface area contributed by atoms with Gasteiger partial charge in [-0.3, -0.25) is 9.20 Å². The number of hydrogen-bond acceptors (Lipinski definition) is 5. The largest absolute Gasteiger partial charge is 0.497 e. The summed E-state index contributed by atoms with van der Waals surface area (Å²) >= 11 is 4.94. The van der Waals surface area contributed by atoms with Crippen LogP contribution < -0.4 is 14.8 Å². The third-order valence-electron chi connectivity index (χ3n) is 4.46. The van der Waals surface area contributed by atoms with Crippen molar-refractivity contribution in [2.45, 2.75) is 6.42 Å². The molecule has 0 saturated carbocycles. The highest BCUT2D eigenvalue weighted by molar-refractivity contribution is 9.10. The number of ether oxygens (including phenoxy) is 2. The van der Waals surface area contributed by atoms with Crippen LogP contribution in [-0.4, -0.2) is 29.5 Å². The third kappa shape index (κ3) is 3.99. The van der Waals surface area contributed by atoms with Crippen LogP contribution in [0.4, 0.5) is 5.69 Å². The summed E-state index contributed by atoms with van der Waals surface area (Å²) < 4.78 is 13.6. The van der Waals surface area contributed by atoms with Crippen molar-refractivity contribution in [3.63, 3.8) is 0 Å². The van der Waals surface area contributed by atoms with Crippen molar-refractivity contribution in [2.24, 2.45) is 0 Å². The Bertz CT molecular complexity index is 1190. The Kier molecular flexibility index (Phi) is 5.55. The van der Waals surface area contributed by atoms with Crippen LogP contribution in [0.15, 0.2) is 58.5 Å². The van der Waals surface area contributed by atoms with E-state index in [1.807, 2.05) is 58.4 Å². The maximum absolute atomic E-state index is 12.5. The number of methoxy groups -OCH3 is 2. The fourth-order valence-electron chi connectivity index (χ4n) is 3.02. The summed E-state index contributed by atoms with van der Waals surface area (Å²) in [7, 11) is 3.25. The second-order valence-electron chi connectivity index (χ2n) is 6.28. The first-order chi connectivity index (χ1) is 14.1. The Balaban J connectivity index is 1.61. The molecule has 0 atom stereocenters. The third-order valence-corrected chi connectivity index (χ3v) is 6.04. The van der Waals surface area contributed by atoms with Crippen LogP contribution in [0.3, 0.4) is 0 Å². The Labute approximate surface area is 180 Å². The van der Waals surface area contributed by atoms with Crippen molar-refractivity contribution < 1.29 is 14.3 Å². The summed E-state index contributed by atoms with van der Waals surface area (Å²) in [6, 6.07) is 13.1. The number of imidazole rings is 1. The van der Waals surface area contributed by atoms with E-state index in [2.05, 4.69) is 21.2 Å². The first-order valence-corrected chi connectivity index (χ1v) is 10.5. The number of hydrogen-bond donors (Lipinski definition) is 1. The summed E-state index contributed by atoms with van der Waals surface area (Å²) in [5.41, 5.74) is 3.22. The van der Waals surface area contributed by atoms with Crippen LogP contribution >= 0.6 is 27.3 Å². The molecule has 0 aliphatic carbocycles. The molecule has 0 unspecified atom stereocenters. The van der Waals surface area contributed by atoms with Gasteiger partial charge in [0.1, 0.15) is 11.5 Å². The second kappa shape index (κ2) is 8.26. The van der Waals surface area contributed by atoms with E-state index in [1.54, 1.807) is 14.2 Å². The number of anilines is 1. The fraction of sp³-hybridized carbons (Fsp3) is 0.143. The number of carbonyl (C=O) groups is 1. The predicted octanol–water partition coefficient (Wildman–Crippen LogP) is 5.02. The van der Waals surface area contributed by atoms with E-state index in [1.165, 1.54) is 11.3 Å². The van der Waals surface area contributed by atoms with Crippen LogP contribution in [0.25, 0.3) is 16.2 Å². The highest BCUT2D eigenvalue weighted by atomic mass is 79.9. The van der Waals surface area contributed by atoms with E-state index in [0.717, 1.165) is 37.8 Å². The highest BCUT2D eigenvalue weighted by Crippen LogP contribution is 2.34. The van der Waals surface area contributed by atoms with Crippen molar-refractivity contribution in [1.29, 1.82) is 0 Å². The Morgan fingerprint density at radius 1 is 1.21 bits per heavy atom. The zero-order valence-corrected chi connectivity index (χ0v) is 18.2. The molecule has 0 fully saturated rings. The number of rotatable bonds is 6. The minimum atomic E-state index is -0.0918. The molecule has 2 heterocycles. The average molecular weight is 472 g/mol. The van der Waals surface area contributed by atoms with Gasteiger partial charge in [0.25, 0.3) is 0 Å². The molecule has 8 heteroatoms. The first kappa shape index (κ1) is 19.5. The molecule has 4 aromatic rings. The quantitative estimate of drug-likeness (QED) is 0.428. The Hall–Kier alpha value is -2.84. The van der Waals surface area contributed by atoms with Gasteiger partial charge in [-0.15, -0.1) is 11.3 Å². The molecule has 29 heavy (non-hydrogen) atoms. The summed E-state index contributed by atoms with van der Waals surface area (Å²) in [5.74, 6) is 1.35. The van der Waals surface area contributed by atoms with Crippen LogP contribution in [0.1, 0.15) is 5.69 Å². The van der Waals surface area contributed by atoms with E-state index in [4.69, 9.17) is 14.5 Å². The molecule has 2 aromatic heterocycles. The van der Waals surface area contributed by atoms with Crippen LogP contribution in [0.2, 0.25) is 0 Å². The van der Waals surface area contributed by atoms with Crippen LogP contribution in [-0.2, 0) is 11.2 Å². The Morgan fingerprint density at radius 3 is 2.79 bits per heavy atom. The number of nitrogens with zero attached hydrogens (tertiary/aromatic N) is 2. The minimum absolute atomic E-state index is 0.0918. The zero-order chi connectivity index (χ0) is 20.4. The normalized spacial score (nSPS) is 10.9. The number of fused-ring (bicyclic) bond motifs is 1. The van der Waals surface area contributed by atoms with Gasteiger partial charge >= 0.3 is 0 Å². The second-order valence-corrected chi connectivity index (χ2v) is 7.97. The summed E-state index contributed by atoms with van der Waals surface area (Å²) in [6.07, 6.45) is 2.16. The zero-order valence-electron chi connectivity index (χ0n) is 15.8. The molecule has 0 spiro atoms. The van der Waals surface area contributed by atoms with Crippen molar-refractivity contribution >= 4 is 43.8 Å². The summed E-state index contributed by atoms with van der Waals surface area (Å²) in [5, 5.41) is 4.89. The van der Waals surface area contributed by atoms with E-state index in [0.29, 0.717) is 5.75 Å². The van der Waals surface area contributed by atoms with Gasteiger partial charge in [0.2, 0.25) is 5.91 Å². The van der Waals surface area contributed by atoms with Gasteiger partial charge in [-0.25, -0.2) is 4.98 Å². The molecule has 0 radical (unpaired) electrons. The van der Waals surface area contributed by atoms with Gasteiger partial charge in [-0.05, 0) is 46.3 Å². The lowest BCUT2D eigenvalue weighted by molar-refractivity contribution is -0.115. The van der Waals surface area contributed by atoms with Crippen molar-refractivity contribution in [3.05, 3.63) is 64.2 Å². The first-order valence-electron chi connectivity index (χ1n) is 8.81. The maximum atomic E-state index is 12.5. The maximum Gasteiger partial charge on any atom is 0.230 e. The number of halogens is 1. The molecular formula is C21H18BrN3O3S. The monoisotopic (exact) mass is 471 g/mol. The molecule has 4 rings (SSSR count). The molecule has 1 N–H and O–H groups in total. The van der Waals surface area contributed by atoms with Gasteiger partial charge in [0.05, 0.1) is 32.0 Å². The number of nitrogens with one attached hydrogen (secondary N) is 1. The molecule has 1 amide bonds. The number of aromatic nitrogens is 2. The van der Waals surface area contributed by atoms with Gasteiger partial charge in [-0.2, -0.15) is 0 Å². The molecule has 0 saturated heterocycles. The average Bonchev–Trinajstić information content (AvgIpc) is 3.31. The number of carbonyl (C=O) groups excluding carboxylic acids is 1. The fourth-order valence-corrected chi connectivity index (χ4v) is 4.28. The number of amides is 1. The summed E-state index contributed by atoms with van der Waals surface area (Å²) in [6.45, 7) is 0. The van der Waals surface area contributed by atoms with Crippen molar-refractivity contribution in [2.75, 3.05) is 19.5 Å². The highest BCUT2D eigenvalue weighted by Gasteiger charge is 2.16. The van der Waals surface area contributed by atoms with Gasteiger partial charge in [-0.1, -0.05) is 12.1 Å². The van der Waals surface area contributed by atoms with Crippen LogP contribution in [0, 0.1) is 0 Å². The van der Waals surface area contributed by atoms with E-state index >= 15 is 0 Å². The molecular weight excluding hydrogens is 454 g/mol. The van der Waals surface area contributed by atoms with Gasteiger partial charge in [0, 0.05) is 27.3 Å². The lowest BCUT2D eigenvalue weighted by Gasteiger charge is -2.08. The number of benzene rings is 2. The van der Waals surface area contributed by atoms with E-state index in [-0.39, 0.29) is 12.3 Å². The van der Waals surface area contributed by atoms with E-state index in [9.17, 15) is 4.79 Å². The van der Waals surface area contributed by atoms with Gasteiger partial charge in [0.15, 0.2) is 4.96 Å². The number of para-hydroxylation sites is 1. The lowest BCUT2D eigenvalue weighted by Crippen LogP contribution is -2.15. The standard InChI is InChI=1S/C21H18BrN3O3S/c1-27-14-7-8-19(28-2)15(10-14)18-11-25-13(12-29-21(25)24-18)9-20(26)23-17-6-4-3-5-16(17)22/h3-8,10-12H,9H2,1-2H3,(H,23,26). The summed E-state index contributed by atoms with van der Waals surface area (Å²) in [4.78, 5) is 18.1. The van der Waals surface area contributed by atoms with E-state index < -0.39 is 0 Å². The minimum Gasteiger partial charge on any atom is -0.497 e. The predicted molar refractivity (Wildman–Crippen MR) is 118 cm³/mol. The SMILES string of the molecule is COc1ccc(OC)c(-c2cn3c(CC(=O)Nc4ccccc4Br)csc3n2)c1. The molecule has 0 aliphatic rings. The molecule has 0 bridgehead atoms.